The maximum absolute atomic E-state index is 14.3. The number of hydrogen-bond donors (Lipinski definition) is 1. The number of carbonyl (C=O) groups is 1. The highest BCUT2D eigenvalue weighted by molar-refractivity contribution is 5.99. The van der Waals surface area contributed by atoms with Crippen molar-refractivity contribution in [3.63, 3.8) is 0 Å². The molecule has 0 spiro atoms. The summed E-state index contributed by atoms with van der Waals surface area (Å²) in [4.78, 5) is 19.9. The maximum Gasteiger partial charge on any atom is 0.355 e. The second-order valence-electron chi connectivity index (χ2n) is 10.1. The van der Waals surface area contributed by atoms with Crippen molar-refractivity contribution in [2.75, 3.05) is 6.61 Å². The Kier molecular flexibility index (Phi) is 6.39. The standard InChI is InChI=1S/C26H27F2N3O7/c1-26(2)37-21-20(19(35-17-5-3-4-10-34-17)13-6-7-15(27)16(28)11-13)36-24(22(21)38-26)31-9-8-14-18(25(32)33)29-12-30-23(14)31/h6-9,11-12,17,19-22,24H,3-5,10H2,1-2H3,(H,32,33)/t17?,19-,20-,21-,22-,24-/m1/s1. The molecule has 0 amide bonds. The highest BCUT2D eigenvalue weighted by atomic mass is 19.2. The lowest BCUT2D eigenvalue weighted by Gasteiger charge is -2.33. The van der Waals surface area contributed by atoms with Crippen LogP contribution in [0.2, 0.25) is 0 Å². The summed E-state index contributed by atoms with van der Waals surface area (Å²) in [7, 11) is 0. The van der Waals surface area contributed by atoms with E-state index in [1.807, 2.05) is 0 Å². The molecule has 6 rings (SSSR count). The minimum absolute atomic E-state index is 0.138. The van der Waals surface area contributed by atoms with Crippen LogP contribution >= 0.6 is 0 Å². The van der Waals surface area contributed by atoms with E-state index in [4.69, 9.17) is 23.7 Å². The van der Waals surface area contributed by atoms with Crippen LogP contribution in [0, 0.1) is 11.6 Å². The molecule has 0 aliphatic carbocycles. The van der Waals surface area contributed by atoms with Gasteiger partial charge in [0.2, 0.25) is 0 Å². The fourth-order valence-corrected chi connectivity index (χ4v) is 5.44. The quantitative estimate of drug-likeness (QED) is 0.502. The third kappa shape index (κ3) is 4.46. The lowest BCUT2D eigenvalue weighted by Crippen LogP contribution is -2.38. The summed E-state index contributed by atoms with van der Waals surface area (Å²) in [6.45, 7) is 4.08. The van der Waals surface area contributed by atoms with Crippen LogP contribution in [0.3, 0.4) is 0 Å². The molecule has 10 nitrogen and oxygen atoms in total. The Morgan fingerprint density at radius 2 is 1.97 bits per heavy atom. The van der Waals surface area contributed by atoms with Gasteiger partial charge in [-0.3, -0.25) is 0 Å². The average Bonchev–Trinajstić information content (AvgIpc) is 3.55. The predicted octanol–water partition coefficient (Wildman–Crippen LogP) is 4.11. The molecule has 5 heterocycles. The molecule has 1 N–H and O–H groups in total. The number of benzene rings is 1. The molecule has 0 bridgehead atoms. The molecular weight excluding hydrogens is 504 g/mol. The lowest BCUT2D eigenvalue weighted by atomic mass is 9.98. The number of hydrogen-bond acceptors (Lipinski definition) is 8. The Labute approximate surface area is 216 Å². The van der Waals surface area contributed by atoms with E-state index in [-0.39, 0.29) is 5.69 Å². The lowest BCUT2D eigenvalue weighted by molar-refractivity contribution is -0.243. The third-order valence-electron chi connectivity index (χ3n) is 7.06. The molecule has 2 aromatic heterocycles. The monoisotopic (exact) mass is 531 g/mol. The van der Waals surface area contributed by atoms with Crippen molar-refractivity contribution < 1.29 is 42.4 Å². The molecule has 38 heavy (non-hydrogen) atoms. The smallest absolute Gasteiger partial charge is 0.355 e. The Balaban J connectivity index is 1.41. The van der Waals surface area contributed by atoms with Crippen LogP contribution in [-0.4, -0.2) is 62.6 Å². The summed E-state index contributed by atoms with van der Waals surface area (Å²) in [5.41, 5.74) is 0.570. The number of ether oxygens (including phenoxy) is 5. The van der Waals surface area contributed by atoms with Crippen molar-refractivity contribution >= 4 is 17.0 Å². The van der Waals surface area contributed by atoms with Gasteiger partial charge in [0.15, 0.2) is 35.6 Å². The molecule has 3 aliphatic heterocycles. The Morgan fingerprint density at radius 3 is 2.71 bits per heavy atom. The van der Waals surface area contributed by atoms with Crippen LogP contribution in [0.25, 0.3) is 11.0 Å². The van der Waals surface area contributed by atoms with Gasteiger partial charge < -0.3 is 33.4 Å². The van der Waals surface area contributed by atoms with E-state index in [9.17, 15) is 18.7 Å². The molecule has 3 aliphatic rings. The normalized spacial score (nSPS) is 29.4. The van der Waals surface area contributed by atoms with Crippen molar-refractivity contribution in [3.8, 4) is 0 Å². The number of aromatic nitrogens is 3. The number of nitrogens with zero attached hydrogens (tertiary/aromatic N) is 3. The number of carboxylic acid groups (broad SMARTS) is 1. The first-order valence-electron chi connectivity index (χ1n) is 12.5. The first-order chi connectivity index (χ1) is 18.2. The number of aromatic carboxylic acids is 1. The van der Waals surface area contributed by atoms with Crippen LogP contribution in [-0.2, 0) is 23.7 Å². The largest absolute Gasteiger partial charge is 0.476 e. The number of halogens is 2. The SMILES string of the molecule is CC1(C)O[C@H]2[C@@H](O1)[C@H](n1ccc3c(C(=O)O)ncnc31)O[C@@H]2[C@H](OC1CCCCO1)c1ccc(F)c(F)c1. The van der Waals surface area contributed by atoms with Crippen LogP contribution < -0.4 is 0 Å². The summed E-state index contributed by atoms with van der Waals surface area (Å²) >= 11 is 0. The van der Waals surface area contributed by atoms with Gasteiger partial charge in [0.05, 0.1) is 5.39 Å². The predicted molar refractivity (Wildman–Crippen MR) is 126 cm³/mol. The zero-order chi connectivity index (χ0) is 26.6. The van der Waals surface area contributed by atoms with Gasteiger partial charge in [-0.1, -0.05) is 6.07 Å². The first-order valence-corrected chi connectivity index (χ1v) is 12.5. The topological polar surface area (TPSA) is 114 Å². The average molecular weight is 532 g/mol. The number of rotatable bonds is 6. The van der Waals surface area contributed by atoms with Crippen LogP contribution in [0.15, 0.2) is 36.8 Å². The van der Waals surface area contributed by atoms with E-state index in [1.54, 1.807) is 30.7 Å². The van der Waals surface area contributed by atoms with E-state index in [0.29, 0.717) is 29.6 Å². The fraction of sp³-hybridized carbons (Fsp3) is 0.500. The fourth-order valence-electron chi connectivity index (χ4n) is 5.44. The molecule has 0 radical (unpaired) electrons. The van der Waals surface area contributed by atoms with E-state index < -0.39 is 60.3 Å². The van der Waals surface area contributed by atoms with Crippen molar-refractivity contribution in [3.05, 3.63) is 59.7 Å². The molecule has 3 aromatic rings. The minimum atomic E-state index is -1.18. The minimum Gasteiger partial charge on any atom is -0.476 e. The summed E-state index contributed by atoms with van der Waals surface area (Å²) in [5.74, 6) is -4.14. The van der Waals surface area contributed by atoms with Crippen molar-refractivity contribution in [1.82, 2.24) is 14.5 Å². The zero-order valence-electron chi connectivity index (χ0n) is 20.8. The molecular formula is C26H27F2N3O7. The first kappa shape index (κ1) is 25.3. The molecule has 3 saturated heterocycles. The number of fused-ring (bicyclic) bond motifs is 2. The van der Waals surface area contributed by atoms with Crippen LogP contribution in [0.4, 0.5) is 8.78 Å². The molecule has 0 saturated carbocycles. The molecule has 3 fully saturated rings. The van der Waals surface area contributed by atoms with Crippen LogP contribution in [0.5, 0.6) is 0 Å². The Hall–Kier alpha value is -3.03. The van der Waals surface area contributed by atoms with E-state index in [0.717, 1.165) is 25.0 Å². The summed E-state index contributed by atoms with van der Waals surface area (Å²) in [6, 6.07) is 5.19. The van der Waals surface area contributed by atoms with E-state index in [2.05, 4.69) is 9.97 Å². The molecule has 12 heteroatoms. The van der Waals surface area contributed by atoms with Crippen molar-refractivity contribution in [2.24, 2.45) is 0 Å². The van der Waals surface area contributed by atoms with Gasteiger partial charge in [0.1, 0.15) is 36.4 Å². The molecule has 1 unspecified atom stereocenters. The summed E-state index contributed by atoms with van der Waals surface area (Å²) in [6.07, 6.45) is 0.961. The van der Waals surface area contributed by atoms with Crippen molar-refractivity contribution in [1.29, 1.82) is 0 Å². The maximum atomic E-state index is 14.3. The second-order valence-corrected chi connectivity index (χ2v) is 10.1. The highest BCUT2D eigenvalue weighted by Crippen LogP contribution is 2.48. The third-order valence-corrected chi connectivity index (χ3v) is 7.06. The number of carboxylic acids is 1. The Bertz CT molecular complexity index is 1360. The summed E-state index contributed by atoms with van der Waals surface area (Å²) < 4.78 is 61.0. The molecule has 6 atom stereocenters. The van der Waals surface area contributed by atoms with Gasteiger partial charge >= 0.3 is 5.97 Å². The highest BCUT2D eigenvalue weighted by Gasteiger charge is 2.58. The van der Waals surface area contributed by atoms with Gasteiger partial charge in [-0.2, -0.15) is 0 Å². The molecule has 202 valence electrons. The summed E-state index contributed by atoms with van der Waals surface area (Å²) in [5, 5.41) is 9.89. The van der Waals surface area contributed by atoms with E-state index >= 15 is 0 Å². The van der Waals surface area contributed by atoms with Crippen molar-refractivity contribution in [2.45, 2.75) is 75.8 Å². The van der Waals surface area contributed by atoms with Gasteiger partial charge in [0.25, 0.3) is 0 Å². The zero-order valence-corrected chi connectivity index (χ0v) is 20.8. The van der Waals surface area contributed by atoms with Gasteiger partial charge in [-0.05, 0) is 56.9 Å². The van der Waals surface area contributed by atoms with E-state index in [1.165, 1.54) is 12.4 Å². The van der Waals surface area contributed by atoms with Gasteiger partial charge in [0, 0.05) is 12.8 Å². The molecule has 1 aromatic carbocycles. The second kappa shape index (κ2) is 9.62. The Morgan fingerprint density at radius 1 is 1.16 bits per heavy atom. The van der Waals surface area contributed by atoms with Crippen LogP contribution in [0.1, 0.15) is 61.5 Å². The van der Waals surface area contributed by atoms with Gasteiger partial charge in [-0.15, -0.1) is 0 Å². The van der Waals surface area contributed by atoms with Gasteiger partial charge in [-0.25, -0.2) is 23.5 Å².